The van der Waals surface area contributed by atoms with Crippen molar-refractivity contribution in [1.29, 1.82) is 0 Å². The smallest absolute Gasteiger partial charge is 0.262 e. The predicted molar refractivity (Wildman–Crippen MR) is 89.1 cm³/mol. The van der Waals surface area contributed by atoms with E-state index in [2.05, 4.69) is 15.2 Å². The van der Waals surface area contributed by atoms with Gasteiger partial charge in [-0.1, -0.05) is 29.5 Å². The molecule has 1 aromatic rings. The third kappa shape index (κ3) is 3.50. The second-order valence-electron chi connectivity index (χ2n) is 5.65. The number of carbonyl (C=O) groups is 2. The minimum absolute atomic E-state index is 0.146. The van der Waals surface area contributed by atoms with Gasteiger partial charge >= 0.3 is 0 Å². The van der Waals surface area contributed by atoms with E-state index in [1.54, 1.807) is 0 Å². The average Bonchev–Trinajstić information content (AvgIpc) is 3.12. The van der Waals surface area contributed by atoms with E-state index >= 15 is 0 Å². The van der Waals surface area contributed by atoms with Crippen LogP contribution in [-0.2, 0) is 9.59 Å². The SMILES string of the molecule is Cc1ccc(NC(=O)C[C@@H]2SC(N3CCCC3)=NC2=O)cc1. The molecule has 1 aromatic carbocycles. The molecule has 0 saturated carbocycles. The third-order valence-corrected chi connectivity index (χ3v) is 5.02. The van der Waals surface area contributed by atoms with Crippen LogP contribution in [0.25, 0.3) is 0 Å². The van der Waals surface area contributed by atoms with E-state index in [4.69, 9.17) is 0 Å². The summed E-state index contributed by atoms with van der Waals surface area (Å²) >= 11 is 1.42. The van der Waals surface area contributed by atoms with E-state index < -0.39 is 0 Å². The standard InChI is InChI=1S/C16H19N3O2S/c1-11-4-6-12(7-5-11)17-14(20)10-13-15(21)18-16(22-13)19-8-2-3-9-19/h4-7,13H,2-3,8-10H2,1H3,(H,17,20)/t13-/m0/s1. The van der Waals surface area contributed by atoms with Crippen molar-refractivity contribution < 1.29 is 9.59 Å². The molecule has 6 heteroatoms. The summed E-state index contributed by atoms with van der Waals surface area (Å²) in [6.07, 6.45) is 2.46. The molecule has 1 saturated heterocycles. The highest BCUT2D eigenvalue weighted by Crippen LogP contribution is 2.29. The molecule has 1 fully saturated rings. The molecule has 0 spiro atoms. The zero-order valence-corrected chi connectivity index (χ0v) is 13.4. The molecule has 22 heavy (non-hydrogen) atoms. The number of rotatable bonds is 3. The minimum Gasteiger partial charge on any atom is -0.351 e. The molecule has 0 aliphatic carbocycles. The topological polar surface area (TPSA) is 61.8 Å². The molecule has 3 rings (SSSR count). The number of thioether (sulfide) groups is 1. The van der Waals surface area contributed by atoms with Crippen molar-refractivity contribution in [2.24, 2.45) is 4.99 Å². The average molecular weight is 317 g/mol. The van der Waals surface area contributed by atoms with Gasteiger partial charge < -0.3 is 10.2 Å². The Balaban J connectivity index is 1.54. The summed E-state index contributed by atoms with van der Waals surface area (Å²) in [5.74, 6) is -0.335. The first-order valence-electron chi connectivity index (χ1n) is 7.52. The van der Waals surface area contributed by atoms with Crippen molar-refractivity contribution in [2.75, 3.05) is 18.4 Å². The quantitative estimate of drug-likeness (QED) is 0.930. The monoisotopic (exact) mass is 317 g/mol. The number of carbonyl (C=O) groups excluding carboxylic acids is 2. The van der Waals surface area contributed by atoms with Gasteiger partial charge in [-0.15, -0.1) is 0 Å². The maximum Gasteiger partial charge on any atom is 0.262 e. The maximum absolute atomic E-state index is 12.1. The van der Waals surface area contributed by atoms with Crippen LogP contribution >= 0.6 is 11.8 Å². The van der Waals surface area contributed by atoms with Crippen LogP contribution in [0.1, 0.15) is 24.8 Å². The van der Waals surface area contributed by atoms with Crippen LogP contribution in [0.3, 0.4) is 0 Å². The van der Waals surface area contributed by atoms with Crippen molar-refractivity contribution in [1.82, 2.24) is 4.90 Å². The Morgan fingerprint density at radius 3 is 2.68 bits per heavy atom. The van der Waals surface area contributed by atoms with Crippen LogP contribution in [0.15, 0.2) is 29.3 Å². The van der Waals surface area contributed by atoms with Gasteiger partial charge in [0.05, 0.1) is 0 Å². The Hall–Kier alpha value is -1.82. The highest BCUT2D eigenvalue weighted by Gasteiger charge is 2.33. The highest BCUT2D eigenvalue weighted by atomic mass is 32.2. The molecule has 0 unspecified atom stereocenters. The molecular weight excluding hydrogens is 298 g/mol. The summed E-state index contributed by atoms with van der Waals surface area (Å²) in [7, 11) is 0. The molecule has 0 radical (unpaired) electrons. The number of amides is 2. The fraction of sp³-hybridized carbons (Fsp3) is 0.438. The molecule has 116 valence electrons. The second-order valence-corrected chi connectivity index (χ2v) is 6.82. The maximum atomic E-state index is 12.1. The van der Waals surface area contributed by atoms with Gasteiger partial charge in [-0.05, 0) is 31.9 Å². The molecule has 2 aliphatic rings. The lowest BCUT2D eigenvalue weighted by Gasteiger charge is -2.16. The summed E-state index contributed by atoms with van der Waals surface area (Å²) in [5.41, 5.74) is 1.90. The number of benzene rings is 1. The van der Waals surface area contributed by atoms with Crippen molar-refractivity contribution in [3.8, 4) is 0 Å². The molecule has 2 amide bonds. The summed E-state index contributed by atoms with van der Waals surface area (Å²) < 4.78 is 0. The van der Waals surface area contributed by atoms with E-state index in [-0.39, 0.29) is 23.5 Å². The lowest BCUT2D eigenvalue weighted by atomic mass is 10.2. The number of amidine groups is 1. The lowest BCUT2D eigenvalue weighted by molar-refractivity contribution is -0.121. The molecule has 0 aromatic heterocycles. The Morgan fingerprint density at radius 1 is 1.32 bits per heavy atom. The summed E-state index contributed by atoms with van der Waals surface area (Å²) in [4.78, 5) is 30.3. The van der Waals surface area contributed by atoms with Crippen LogP contribution < -0.4 is 5.32 Å². The highest BCUT2D eigenvalue weighted by molar-refractivity contribution is 8.15. The predicted octanol–water partition coefficient (Wildman–Crippen LogP) is 2.42. The van der Waals surface area contributed by atoms with Gasteiger partial charge in [0, 0.05) is 25.2 Å². The number of anilines is 1. The summed E-state index contributed by atoms with van der Waals surface area (Å²) in [6.45, 7) is 3.92. The third-order valence-electron chi connectivity index (χ3n) is 3.81. The van der Waals surface area contributed by atoms with Crippen LogP contribution in [0.4, 0.5) is 5.69 Å². The molecular formula is C16H19N3O2S. The van der Waals surface area contributed by atoms with Crippen molar-refractivity contribution in [2.45, 2.75) is 31.4 Å². The Kier molecular flexibility index (Phi) is 4.47. The molecule has 1 atom stereocenters. The van der Waals surface area contributed by atoms with Crippen molar-refractivity contribution in [3.63, 3.8) is 0 Å². The van der Waals surface area contributed by atoms with Gasteiger partial charge in [-0.25, -0.2) is 0 Å². The van der Waals surface area contributed by atoms with Gasteiger partial charge in [0.25, 0.3) is 5.91 Å². The zero-order chi connectivity index (χ0) is 15.5. The van der Waals surface area contributed by atoms with Gasteiger partial charge in [0.2, 0.25) is 5.91 Å². The second kappa shape index (κ2) is 6.52. The number of likely N-dealkylation sites (tertiary alicyclic amines) is 1. The largest absolute Gasteiger partial charge is 0.351 e. The number of nitrogens with one attached hydrogen (secondary N) is 1. The summed E-state index contributed by atoms with van der Waals surface area (Å²) in [6, 6.07) is 7.62. The fourth-order valence-corrected chi connectivity index (χ4v) is 3.69. The summed E-state index contributed by atoms with van der Waals surface area (Å²) in [5, 5.41) is 3.23. The first-order chi connectivity index (χ1) is 10.6. The van der Waals surface area contributed by atoms with E-state index in [9.17, 15) is 9.59 Å². The molecule has 5 nitrogen and oxygen atoms in total. The fourth-order valence-electron chi connectivity index (χ4n) is 2.57. The molecule has 1 N–H and O–H groups in total. The van der Waals surface area contributed by atoms with E-state index in [0.717, 1.165) is 42.3 Å². The van der Waals surface area contributed by atoms with E-state index in [1.807, 2.05) is 31.2 Å². The normalized spacial score (nSPS) is 21.1. The lowest BCUT2D eigenvalue weighted by Crippen LogP contribution is -2.25. The van der Waals surface area contributed by atoms with Crippen LogP contribution in [0.2, 0.25) is 0 Å². The van der Waals surface area contributed by atoms with Crippen LogP contribution in [0, 0.1) is 6.92 Å². The molecule has 2 aliphatic heterocycles. The van der Waals surface area contributed by atoms with Crippen molar-refractivity contribution in [3.05, 3.63) is 29.8 Å². The van der Waals surface area contributed by atoms with E-state index in [0.29, 0.717) is 0 Å². The Bertz CT molecular complexity index is 606. The first kappa shape index (κ1) is 15.1. The number of hydrogen-bond acceptors (Lipinski definition) is 4. The van der Waals surface area contributed by atoms with E-state index in [1.165, 1.54) is 11.8 Å². The Morgan fingerprint density at radius 2 is 2.00 bits per heavy atom. The number of aliphatic imine (C=N–C) groups is 1. The Labute approximate surface area is 134 Å². The number of hydrogen-bond donors (Lipinski definition) is 1. The molecule has 0 bridgehead atoms. The van der Waals surface area contributed by atoms with Gasteiger partial charge in [0.15, 0.2) is 5.17 Å². The number of aryl methyl sites for hydroxylation is 1. The van der Waals surface area contributed by atoms with Crippen molar-refractivity contribution >= 4 is 34.4 Å². The van der Waals surface area contributed by atoms with Gasteiger partial charge in [0.1, 0.15) is 5.25 Å². The zero-order valence-electron chi connectivity index (χ0n) is 12.5. The minimum atomic E-state index is -0.388. The number of nitrogens with zero attached hydrogens (tertiary/aromatic N) is 2. The first-order valence-corrected chi connectivity index (χ1v) is 8.40. The van der Waals surface area contributed by atoms with Crippen LogP contribution in [0.5, 0.6) is 0 Å². The molecule has 2 heterocycles. The van der Waals surface area contributed by atoms with Gasteiger partial charge in [-0.2, -0.15) is 4.99 Å². The van der Waals surface area contributed by atoms with Gasteiger partial charge in [-0.3, -0.25) is 9.59 Å². The van der Waals surface area contributed by atoms with Crippen LogP contribution in [-0.4, -0.2) is 40.2 Å².